The topological polar surface area (TPSA) is 63.6 Å². The third kappa shape index (κ3) is 3.18. The van der Waals surface area contributed by atoms with Gasteiger partial charge in [-0.25, -0.2) is 0 Å². The maximum atomic E-state index is 12.9. The van der Waals surface area contributed by atoms with Gasteiger partial charge in [0.1, 0.15) is 5.75 Å². The minimum absolute atomic E-state index is 0.104. The molecule has 0 aliphatic heterocycles. The van der Waals surface area contributed by atoms with Crippen molar-refractivity contribution in [1.29, 1.82) is 0 Å². The number of phenolic OH excluding ortho intramolecular Hbond substituents is 1. The Hall–Kier alpha value is -1.85. The summed E-state index contributed by atoms with van der Waals surface area (Å²) >= 11 is 0. The molecule has 0 bridgehead atoms. The first-order valence-corrected chi connectivity index (χ1v) is 12.5. The van der Waals surface area contributed by atoms with Gasteiger partial charge in [-0.2, -0.15) is 8.42 Å². The van der Waals surface area contributed by atoms with Gasteiger partial charge in [0, 0.05) is 0 Å². The maximum absolute atomic E-state index is 12.9. The Morgan fingerprint density at radius 1 is 1.03 bits per heavy atom. The molecule has 0 aromatic heterocycles. The first kappa shape index (κ1) is 20.1. The predicted octanol–water partition coefficient (Wildman–Crippen LogP) is 5.33. The molecule has 4 nitrogen and oxygen atoms in total. The highest BCUT2D eigenvalue weighted by Gasteiger charge is 2.56. The van der Waals surface area contributed by atoms with E-state index in [1.54, 1.807) is 12.1 Å². The average molecular weight is 427 g/mol. The van der Waals surface area contributed by atoms with Gasteiger partial charge in [0.2, 0.25) is 0 Å². The van der Waals surface area contributed by atoms with E-state index >= 15 is 0 Å². The molecule has 30 heavy (non-hydrogen) atoms. The van der Waals surface area contributed by atoms with Crippen LogP contribution in [0, 0.1) is 24.2 Å². The van der Waals surface area contributed by atoms with Crippen LogP contribution in [0.2, 0.25) is 0 Å². The van der Waals surface area contributed by atoms with E-state index in [4.69, 9.17) is 4.18 Å². The summed E-state index contributed by atoms with van der Waals surface area (Å²) in [6, 6.07) is 12.8. The van der Waals surface area contributed by atoms with Crippen LogP contribution in [0.3, 0.4) is 0 Å². The van der Waals surface area contributed by atoms with Gasteiger partial charge in [0.25, 0.3) is 10.1 Å². The molecule has 2 aromatic rings. The normalized spacial score (nSPS) is 32.9. The van der Waals surface area contributed by atoms with Crippen LogP contribution in [0.15, 0.2) is 47.4 Å². The van der Waals surface area contributed by atoms with Gasteiger partial charge < -0.3 is 5.11 Å². The standard InChI is InChI=1S/C25H30O4S/c1-16-3-7-19(8-4-16)30(27,28)29-24-12-11-23-22-9-5-17-15-18(26)6-10-20(17)21(22)13-14-25(23,24)2/h3-4,6-8,10,15,21-24,26H,5,9,11-14H2,1-2H3/t21?,22?,23?,24-,25-/m0/s1. The van der Waals surface area contributed by atoms with Crippen LogP contribution < -0.4 is 0 Å². The number of rotatable bonds is 3. The lowest BCUT2D eigenvalue weighted by Crippen LogP contribution is -2.45. The zero-order chi connectivity index (χ0) is 21.1. The highest BCUT2D eigenvalue weighted by atomic mass is 32.2. The van der Waals surface area contributed by atoms with E-state index in [-0.39, 0.29) is 16.4 Å². The highest BCUT2D eigenvalue weighted by molar-refractivity contribution is 7.86. The summed E-state index contributed by atoms with van der Waals surface area (Å²) in [6.45, 7) is 4.20. The molecular formula is C25H30O4S. The van der Waals surface area contributed by atoms with Crippen molar-refractivity contribution in [1.82, 2.24) is 0 Å². The molecule has 0 radical (unpaired) electrons. The van der Waals surface area contributed by atoms with Gasteiger partial charge in [-0.15, -0.1) is 0 Å². The number of fused-ring (bicyclic) bond motifs is 5. The van der Waals surface area contributed by atoms with Gasteiger partial charge in [-0.3, -0.25) is 4.18 Å². The summed E-state index contributed by atoms with van der Waals surface area (Å²) < 4.78 is 31.8. The van der Waals surface area contributed by atoms with Crippen LogP contribution >= 0.6 is 0 Å². The second kappa shape index (κ2) is 7.10. The molecule has 3 unspecified atom stereocenters. The Morgan fingerprint density at radius 2 is 1.80 bits per heavy atom. The number of hydrogen-bond donors (Lipinski definition) is 1. The van der Waals surface area contributed by atoms with E-state index < -0.39 is 10.1 Å². The molecule has 0 saturated heterocycles. The fraction of sp³-hybridized carbons (Fsp3) is 0.520. The molecule has 5 heteroatoms. The van der Waals surface area contributed by atoms with Crippen molar-refractivity contribution in [2.75, 3.05) is 0 Å². The molecular weight excluding hydrogens is 396 g/mol. The maximum Gasteiger partial charge on any atom is 0.297 e. The second-order valence-corrected chi connectivity index (χ2v) is 11.3. The van der Waals surface area contributed by atoms with Crippen LogP contribution in [-0.4, -0.2) is 19.6 Å². The minimum atomic E-state index is -3.76. The number of benzene rings is 2. The third-order valence-corrected chi connectivity index (χ3v) is 9.51. The monoisotopic (exact) mass is 426 g/mol. The van der Waals surface area contributed by atoms with Crippen LogP contribution in [0.1, 0.15) is 61.6 Å². The fourth-order valence-electron chi connectivity index (χ4n) is 6.59. The number of aryl methyl sites for hydroxylation is 2. The van der Waals surface area contributed by atoms with Gasteiger partial charge >= 0.3 is 0 Å². The van der Waals surface area contributed by atoms with E-state index in [0.717, 1.165) is 44.1 Å². The van der Waals surface area contributed by atoms with Crippen molar-refractivity contribution in [3.63, 3.8) is 0 Å². The van der Waals surface area contributed by atoms with Crippen molar-refractivity contribution >= 4 is 10.1 Å². The van der Waals surface area contributed by atoms with Crippen molar-refractivity contribution < 1.29 is 17.7 Å². The molecule has 160 valence electrons. The SMILES string of the molecule is Cc1ccc(S(=O)(=O)O[C@H]2CCC3C4CCc5cc(O)ccc5C4CC[C@@]32C)cc1. The summed E-state index contributed by atoms with van der Waals surface area (Å²) in [5.74, 6) is 1.91. The first-order chi connectivity index (χ1) is 14.3. The van der Waals surface area contributed by atoms with Gasteiger partial charge in [-0.05, 0) is 104 Å². The van der Waals surface area contributed by atoms with Crippen LogP contribution in [0.25, 0.3) is 0 Å². The van der Waals surface area contributed by atoms with Gasteiger partial charge in [0.05, 0.1) is 11.0 Å². The van der Waals surface area contributed by atoms with Gasteiger partial charge in [0.15, 0.2) is 0 Å². The van der Waals surface area contributed by atoms with Crippen LogP contribution in [0.4, 0.5) is 0 Å². The van der Waals surface area contributed by atoms with Crippen LogP contribution in [-0.2, 0) is 20.7 Å². The van der Waals surface area contributed by atoms with Crippen molar-refractivity contribution in [3.8, 4) is 5.75 Å². The summed E-state index contributed by atoms with van der Waals surface area (Å²) in [5.41, 5.74) is 3.61. The molecule has 5 atom stereocenters. The van der Waals surface area contributed by atoms with E-state index in [1.807, 2.05) is 31.2 Å². The largest absolute Gasteiger partial charge is 0.508 e. The number of phenols is 1. The Kier molecular flexibility index (Phi) is 4.75. The lowest BCUT2D eigenvalue weighted by Gasteiger charge is -2.50. The zero-order valence-electron chi connectivity index (χ0n) is 17.7. The molecule has 5 rings (SSSR count). The smallest absolute Gasteiger partial charge is 0.297 e. The second-order valence-electron chi connectivity index (χ2n) is 9.77. The van der Waals surface area contributed by atoms with Gasteiger partial charge in [-0.1, -0.05) is 30.7 Å². The molecule has 1 N–H and O–H groups in total. The fourth-order valence-corrected chi connectivity index (χ4v) is 7.79. The van der Waals surface area contributed by atoms with Crippen LogP contribution in [0.5, 0.6) is 5.75 Å². The van der Waals surface area contributed by atoms with Crippen molar-refractivity contribution in [2.24, 2.45) is 17.3 Å². The zero-order valence-corrected chi connectivity index (χ0v) is 18.5. The lowest BCUT2D eigenvalue weighted by molar-refractivity contribution is -0.00804. The molecule has 2 fully saturated rings. The third-order valence-electron chi connectivity index (χ3n) is 8.18. The van der Waals surface area contributed by atoms with E-state index in [2.05, 4.69) is 13.0 Å². The Morgan fingerprint density at radius 3 is 2.57 bits per heavy atom. The highest BCUT2D eigenvalue weighted by Crippen LogP contribution is 2.61. The number of aromatic hydroxyl groups is 1. The predicted molar refractivity (Wildman–Crippen MR) is 116 cm³/mol. The molecule has 2 aromatic carbocycles. The van der Waals surface area contributed by atoms with E-state index in [9.17, 15) is 13.5 Å². The molecule has 2 saturated carbocycles. The lowest BCUT2D eigenvalue weighted by atomic mass is 9.55. The quantitative estimate of drug-likeness (QED) is 0.674. The molecule has 0 heterocycles. The Bertz CT molecular complexity index is 1060. The Balaban J connectivity index is 1.39. The Labute approximate surface area is 179 Å². The number of hydrogen-bond acceptors (Lipinski definition) is 4. The van der Waals surface area contributed by atoms with Crippen molar-refractivity contribution in [3.05, 3.63) is 59.2 Å². The minimum Gasteiger partial charge on any atom is -0.508 e. The van der Waals surface area contributed by atoms with Crippen molar-refractivity contribution in [2.45, 2.75) is 69.3 Å². The first-order valence-electron chi connectivity index (χ1n) is 11.1. The molecule has 3 aliphatic rings. The molecule has 0 spiro atoms. The van der Waals surface area contributed by atoms with E-state index in [0.29, 0.717) is 23.5 Å². The summed E-state index contributed by atoms with van der Waals surface area (Å²) in [4.78, 5) is 0.250. The van der Waals surface area contributed by atoms with E-state index in [1.165, 1.54) is 11.1 Å². The molecule has 3 aliphatic carbocycles. The average Bonchev–Trinajstić information content (AvgIpc) is 3.03. The summed E-state index contributed by atoms with van der Waals surface area (Å²) in [6.07, 6.45) is 5.71. The summed E-state index contributed by atoms with van der Waals surface area (Å²) in [5, 5.41) is 9.85. The summed E-state index contributed by atoms with van der Waals surface area (Å²) in [7, 11) is -3.76. The molecule has 0 amide bonds.